The smallest absolute Gasteiger partial charge is 0.262 e. The third-order valence-electron chi connectivity index (χ3n) is 7.87. The van der Waals surface area contributed by atoms with Crippen molar-refractivity contribution < 1.29 is 4.79 Å². The Morgan fingerprint density at radius 3 is 2.55 bits per heavy atom. The number of halogens is 1. The summed E-state index contributed by atoms with van der Waals surface area (Å²) < 4.78 is 3.27. The van der Waals surface area contributed by atoms with Crippen LogP contribution in [0.3, 0.4) is 0 Å². The number of thioether (sulfide) groups is 1. The molecule has 3 heterocycles. The number of pyridine rings is 1. The summed E-state index contributed by atoms with van der Waals surface area (Å²) in [6, 6.07) is 21.9. The molecule has 6 rings (SSSR count). The predicted octanol–water partition coefficient (Wildman–Crippen LogP) is 5.47. The number of carbonyl (C=O) groups is 1. The van der Waals surface area contributed by atoms with Gasteiger partial charge in [-0.25, -0.2) is 9.97 Å². The second-order valence-electron chi connectivity index (χ2n) is 10.7. The molecule has 2 aromatic carbocycles. The molecule has 214 valence electrons. The zero-order valence-corrected chi connectivity index (χ0v) is 24.5. The summed E-state index contributed by atoms with van der Waals surface area (Å²) in [7, 11) is 0. The van der Waals surface area contributed by atoms with Gasteiger partial charge in [-0.05, 0) is 67.5 Å². The first-order chi connectivity index (χ1) is 20.5. The van der Waals surface area contributed by atoms with E-state index in [4.69, 9.17) is 16.6 Å². The molecule has 1 saturated carbocycles. The van der Waals surface area contributed by atoms with E-state index in [2.05, 4.69) is 10.3 Å². The lowest BCUT2D eigenvalue weighted by Crippen LogP contribution is -2.34. The summed E-state index contributed by atoms with van der Waals surface area (Å²) in [6.07, 6.45) is 4.92. The fourth-order valence-corrected chi connectivity index (χ4v) is 6.67. The van der Waals surface area contributed by atoms with E-state index in [1.54, 1.807) is 22.9 Å². The van der Waals surface area contributed by atoms with Crippen LogP contribution in [-0.4, -0.2) is 24.8 Å². The van der Waals surface area contributed by atoms with Crippen molar-refractivity contribution in [1.29, 1.82) is 0 Å². The van der Waals surface area contributed by atoms with Gasteiger partial charge in [-0.1, -0.05) is 59.8 Å². The minimum atomic E-state index is -0.146. The molecule has 0 bridgehead atoms. The molecule has 0 atom stereocenters. The van der Waals surface area contributed by atoms with E-state index < -0.39 is 0 Å². The van der Waals surface area contributed by atoms with E-state index in [1.807, 2.05) is 54.6 Å². The maximum Gasteiger partial charge on any atom is 0.262 e. The van der Waals surface area contributed by atoms with Crippen LogP contribution < -0.4 is 16.4 Å². The highest BCUT2D eigenvalue weighted by molar-refractivity contribution is 7.98. The van der Waals surface area contributed by atoms with Crippen LogP contribution in [-0.2, 0) is 23.6 Å². The van der Waals surface area contributed by atoms with Gasteiger partial charge in [0.1, 0.15) is 5.65 Å². The number of para-hydroxylation sites is 1. The van der Waals surface area contributed by atoms with Crippen LogP contribution in [0.4, 0.5) is 0 Å². The van der Waals surface area contributed by atoms with Crippen molar-refractivity contribution in [2.45, 2.75) is 49.7 Å². The lowest BCUT2D eigenvalue weighted by atomic mass is 9.81. The van der Waals surface area contributed by atoms with Crippen LogP contribution >= 0.6 is 23.4 Å². The van der Waals surface area contributed by atoms with E-state index in [9.17, 15) is 14.4 Å². The minimum absolute atomic E-state index is 0.0490. The van der Waals surface area contributed by atoms with Gasteiger partial charge in [0, 0.05) is 42.0 Å². The number of benzene rings is 2. The summed E-state index contributed by atoms with van der Waals surface area (Å²) in [5.74, 6) is 0.653. The largest absolute Gasteiger partial charge is 0.352 e. The normalized spacial score (nSPS) is 17.0. The first kappa shape index (κ1) is 28.2. The molecule has 0 aliphatic heterocycles. The zero-order valence-electron chi connectivity index (χ0n) is 22.9. The zero-order chi connectivity index (χ0) is 29.1. The first-order valence-corrected chi connectivity index (χ1v) is 15.4. The second-order valence-corrected chi connectivity index (χ2v) is 12.0. The summed E-state index contributed by atoms with van der Waals surface area (Å²) in [6.45, 7) is 0.941. The van der Waals surface area contributed by atoms with Crippen molar-refractivity contribution in [2.75, 3.05) is 0 Å². The highest BCUT2D eigenvalue weighted by atomic mass is 35.5. The molecule has 5 aromatic rings. The molecule has 0 spiro atoms. The van der Waals surface area contributed by atoms with Gasteiger partial charge in [0.15, 0.2) is 5.16 Å². The highest BCUT2D eigenvalue weighted by Gasteiger charge is 2.27. The monoisotopic (exact) mass is 599 g/mol. The van der Waals surface area contributed by atoms with Crippen molar-refractivity contribution in [1.82, 2.24) is 24.3 Å². The van der Waals surface area contributed by atoms with E-state index >= 15 is 0 Å². The number of amides is 1. The van der Waals surface area contributed by atoms with E-state index in [0.29, 0.717) is 51.3 Å². The van der Waals surface area contributed by atoms with Gasteiger partial charge in [-0.3, -0.25) is 23.4 Å². The van der Waals surface area contributed by atoms with Crippen molar-refractivity contribution in [3.63, 3.8) is 0 Å². The number of rotatable bonds is 8. The molecule has 0 radical (unpaired) electrons. The van der Waals surface area contributed by atoms with Crippen molar-refractivity contribution in [3.8, 4) is 0 Å². The minimum Gasteiger partial charge on any atom is -0.352 e. The van der Waals surface area contributed by atoms with E-state index in [-0.39, 0.29) is 28.9 Å². The molecule has 1 fully saturated rings. The van der Waals surface area contributed by atoms with Gasteiger partial charge in [0.2, 0.25) is 5.91 Å². The Kier molecular flexibility index (Phi) is 8.39. The Balaban J connectivity index is 1.16. The van der Waals surface area contributed by atoms with Crippen molar-refractivity contribution >= 4 is 45.8 Å². The van der Waals surface area contributed by atoms with Crippen LogP contribution in [0.25, 0.3) is 16.6 Å². The van der Waals surface area contributed by atoms with Crippen molar-refractivity contribution in [2.24, 2.45) is 11.8 Å². The Labute approximate surface area is 251 Å². The van der Waals surface area contributed by atoms with Gasteiger partial charge < -0.3 is 5.32 Å². The highest BCUT2D eigenvalue weighted by Crippen LogP contribution is 2.31. The molecule has 8 nitrogen and oxygen atoms in total. The quantitative estimate of drug-likeness (QED) is 0.188. The lowest BCUT2D eigenvalue weighted by Gasteiger charge is -2.28. The average Bonchev–Trinajstić information content (AvgIpc) is 3.01. The average molecular weight is 600 g/mol. The van der Waals surface area contributed by atoms with Gasteiger partial charge >= 0.3 is 0 Å². The molecule has 0 unspecified atom stereocenters. The third kappa shape index (κ3) is 6.12. The number of hydrogen-bond acceptors (Lipinski definition) is 6. The van der Waals surface area contributed by atoms with Crippen LogP contribution in [0.15, 0.2) is 93.7 Å². The Morgan fingerprint density at radius 2 is 1.71 bits per heavy atom. The summed E-state index contributed by atoms with van der Waals surface area (Å²) >= 11 is 7.65. The summed E-state index contributed by atoms with van der Waals surface area (Å²) in [5.41, 5.74) is 2.54. The standard InChI is InChI=1S/C32H30ClN5O3S/c33-26-9-3-1-7-23(26)18-34-30(40)22-14-12-21(13-15-22)19-38-31(41)25-8-2-4-10-27(25)36-32(38)42-20-24-17-29(39)37-16-6-5-11-28(37)35-24/h1-11,16-17,21-22H,12-15,18-20H2,(H,34,40). The van der Waals surface area contributed by atoms with E-state index in [0.717, 1.165) is 31.2 Å². The molecule has 1 amide bonds. The number of aromatic nitrogens is 4. The van der Waals surface area contributed by atoms with Gasteiger partial charge in [-0.2, -0.15) is 0 Å². The maximum atomic E-state index is 13.6. The van der Waals surface area contributed by atoms with E-state index in [1.165, 1.54) is 22.2 Å². The molecule has 1 aliphatic rings. The van der Waals surface area contributed by atoms with Crippen LogP contribution in [0.2, 0.25) is 5.02 Å². The molecule has 1 aliphatic carbocycles. The second kappa shape index (κ2) is 12.5. The molecule has 0 saturated heterocycles. The summed E-state index contributed by atoms with van der Waals surface area (Å²) in [4.78, 5) is 48.6. The topological polar surface area (TPSA) is 98.4 Å². The Morgan fingerprint density at radius 1 is 0.952 bits per heavy atom. The summed E-state index contributed by atoms with van der Waals surface area (Å²) in [5, 5.41) is 4.87. The fraction of sp³-hybridized carbons (Fsp3) is 0.281. The maximum absolute atomic E-state index is 13.6. The SMILES string of the molecule is O=C(NCc1ccccc1Cl)C1CCC(Cn2c(SCc3cc(=O)n4ccccc4n3)nc3ccccc3c2=O)CC1. The third-order valence-corrected chi connectivity index (χ3v) is 9.25. The van der Waals surface area contributed by atoms with Crippen LogP contribution in [0.5, 0.6) is 0 Å². The number of hydrogen-bond donors (Lipinski definition) is 1. The Hall–Kier alpha value is -3.95. The molecular weight excluding hydrogens is 570 g/mol. The first-order valence-electron chi connectivity index (χ1n) is 14.1. The molecular formula is C32H30ClN5O3S. The van der Waals surface area contributed by atoms with Gasteiger partial charge in [-0.15, -0.1) is 0 Å². The number of nitrogens with zero attached hydrogens (tertiary/aromatic N) is 4. The molecule has 1 N–H and O–H groups in total. The predicted molar refractivity (Wildman–Crippen MR) is 166 cm³/mol. The molecule has 3 aromatic heterocycles. The van der Waals surface area contributed by atoms with Crippen LogP contribution in [0, 0.1) is 11.8 Å². The lowest BCUT2D eigenvalue weighted by molar-refractivity contribution is -0.126. The van der Waals surface area contributed by atoms with Gasteiger partial charge in [0.05, 0.1) is 16.6 Å². The number of nitrogens with one attached hydrogen (secondary N) is 1. The fourth-order valence-electron chi connectivity index (χ4n) is 5.57. The van der Waals surface area contributed by atoms with Crippen molar-refractivity contribution in [3.05, 3.63) is 116 Å². The van der Waals surface area contributed by atoms with Crippen LogP contribution in [0.1, 0.15) is 36.9 Å². The molecule has 42 heavy (non-hydrogen) atoms. The van der Waals surface area contributed by atoms with Gasteiger partial charge in [0.25, 0.3) is 11.1 Å². The number of fused-ring (bicyclic) bond motifs is 2. The Bertz CT molecular complexity index is 1880. The molecule has 10 heteroatoms. The number of carbonyl (C=O) groups excluding carboxylic acids is 1.